The summed E-state index contributed by atoms with van der Waals surface area (Å²) < 4.78 is 44.0. The lowest BCUT2D eigenvalue weighted by Gasteiger charge is -2.32. The molecule has 3 heterocycles. The number of anilines is 2. The van der Waals surface area contributed by atoms with Crippen LogP contribution < -0.4 is 15.0 Å². The lowest BCUT2D eigenvalue weighted by Crippen LogP contribution is -2.34. The molecule has 1 aromatic carbocycles. The van der Waals surface area contributed by atoms with Gasteiger partial charge in [-0.25, -0.2) is 23.5 Å². The van der Waals surface area contributed by atoms with Gasteiger partial charge >= 0.3 is 6.09 Å². The molecule has 1 saturated heterocycles. The summed E-state index contributed by atoms with van der Waals surface area (Å²) in [7, 11) is 0. The van der Waals surface area contributed by atoms with Crippen LogP contribution in [0.1, 0.15) is 51.3 Å². The number of halogens is 2. The smallest absolute Gasteiger partial charge is 0.412 e. The Balaban J connectivity index is 1.18. The van der Waals surface area contributed by atoms with E-state index in [1.807, 2.05) is 19.2 Å². The Morgan fingerprint density at radius 3 is 2.54 bits per heavy atom. The zero-order valence-corrected chi connectivity index (χ0v) is 22.0. The first-order chi connectivity index (χ1) is 18.8. The maximum atomic E-state index is 14.3. The fraction of sp³-hybridized carbons (Fsp3) is 0.444. The second-order valence-electron chi connectivity index (χ2n) is 9.58. The number of amides is 1. The molecule has 0 spiro atoms. The Bertz CT molecular complexity index is 1240. The predicted molar refractivity (Wildman–Crippen MR) is 141 cm³/mol. The number of rotatable bonds is 11. The normalized spacial score (nSPS) is 13.9. The van der Waals surface area contributed by atoms with Crippen molar-refractivity contribution in [1.82, 2.24) is 20.1 Å². The van der Waals surface area contributed by atoms with Gasteiger partial charge in [0.1, 0.15) is 18.0 Å². The van der Waals surface area contributed by atoms with Gasteiger partial charge in [0, 0.05) is 43.5 Å². The van der Waals surface area contributed by atoms with Gasteiger partial charge < -0.3 is 18.9 Å². The van der Waals surface area contributed by atoms with Gasteiger partial charge in [-0.2, -0.15) is 4.98 Å². The van der Waals surface area contributed by atoms with Gasteiger partial charge in [-0.1, -0.05) is 31.7 Å². The monoisotopic (exact) mass is 542 g/mol. The second kappa shape index (κ2) is 13.1. The lowest BCUT2D eigenvalue weighted by molar-refractivity contribution is 0.174. The highest BCUT2D eigenvalue weighted by Gasteiger charge is 2.22. The average molecular weight is 543 g/mol. The number of piperidine rings is 1. The van der Waals surface area contributed by atoms with E-state index >= 15 is 0 Å². The number of hydrogen-bond donors (Lipinski definition) is 1. The maximum Gasteiger partial charge on any atom is 0.412 e. The first-order valence-electron chi connectivity index (χ1n) is 12.9. The molecule has 1 aliphatic rings. The van der Waals surface area contributed by atoms with Crippen molar-refractivity contribution in [3.05, 3.63) is 54.7 Å². The molecule has 0 bridgehead atoms. The highest BCUT2D eigenvalue weighted by molar-refractivity contribution is 5.85. The van der Waals surface area contributed by atoms with E-state index in [-0.39, 0.29) is 18.3 Å². The fourth-order valence-electron chi connectivity index (χ4n) is 4.20. The molecule has 3 aromatic rings. The van der Waals surface area contributed by atoms with Crippen molar-refractivity contribution < 1.29 is 27.6 Å². The van der Waals surface area contributed by atoms with Crippen molar-refractivity contribution in [3.63, 3.8) is 0 Å². The van der Waals surface area contributed by atoms with Crippen molar-refractivity contribution in [2.75, 3.05) is 36.5 Å². The summed E-state index contributed by atoms with van der Waals surface area (Å²) in [5, 5.41) is 6.04. The molecular formula is C27H32F2N6O4. The topological polar surface area (TPSA) is 116 Å². The standard InChI is InChI=1S/C27H32F2N6O4/c1-4-11-38-27(36)32-23-21(28)13-20(14-22(23)29)37-12-5-6-18-7-9-35(10-8-18)26-30-15-19(16-31-26)24-33-25(17(2)3)39-34-24/h4,13-18H,1,5-12H2,2-3H3,(H,32,36). The Morgan fingerprint density at radius 1 is 1.23 bits per heavy atom. The van der Waals surface area contributed by atoms with Crippen LogP contribution in [0, 0.1) is 17.6 Å². The molecule has 208 valence electrons. The van der Waals surface area contributed by atoms with E-state index in [1.165, 1.54) is 6.08 Å². The van der Waals surface area contributed by atoms with Gasteiger partial charge in [0.2, 0.25) is 17.7 Å². The number of benzene rings is 1. The van der Waals surface area contributed by atoms with Crippen LogP contribution in [0.4, 0.5) is 25.2 Å². The molecule has 0 aliphatic carbocycles. The van der Waals surface area contributed by atoms with Crippen LogP contribution in [0.2, 0.25) is 0 Å². The van der Waals surface area contributed by atoms with Gasteiger partial charge in [-0.15, -0.1) is 0 Å². The number of hydrogen-bond acceptors (Lipinski definition) is 9. The molecule has 0 atom stereocenters. The minimum Gasteiger partial charge on any atom is -0.493 e. The van der Waals surface area contributed by atoms with E-state index in [0.717, 1.165) is 50.9 Å². The van der Waals surface area contributed by atoms with Crippen LogP contribution in [0.5, 0.6) is 5.75 Å². The summed E-state index contributed by atoms with van der Waals surface area (Å²) >= 11 is 0. The number of nitrogens with one attached hydrogen (secondary N) is 1. The van der Waals surface area contributed by atoms with E-state index < -0.39 is 23.4 Å². The third kappa shape index (κ3) is 7.49. The molecule has 1 fully saturated rings. The van der Waals surface area contributed by atoms with Crippen molar-refractivity contribution in [2.45, 2.75) is 45.4 Å². The number of ether oxygens (including phenoxy) is 2. The molecule has 1 N–H and O–H groups in total. The molecule has 1 aliphatic heterocycles. The molecule has 39 heavy (non-hydrogen) atoms. The summed E-state index contributed by atoms with van der Waals surface area (Å²) in [6.45, 7) is 9.31. The highest BCUT2D eigenvalue weighted by Crippen LogP contribution is 2.27. The van der Waals surface area contributed by atoms with Crippen molar-refractivity contribution in [2.24, 2.45) is 5.92 Å². The van der Waals surface area contributed by atoms with E-state index in [4.69, 9.17) is 9.26 Å². The van der Waals surface area contributed by atoms with Gasteiger partial charge in [0.05, 0.1) is 12.2 Å². The molecule has 4 rings (SSSR count). The minimum absolute atomic E-state index is 0.0617. The Labute approximate surface area is 225 Å². The zero-order chi connectivity index (χ0) is 27.8. The van der Waals surface area contributed by atoms with E-state index in [0.29, 0.717) is 35.8 Å². The third-order valence-corrected chi connectivity index (χ3v) is 6.33. The van der Waals surface area contributed by atoms with Crippen LogP contribution in [0.25, 0.3) is 11.4 Å². The first kappa shape index (κ1) is 27.9. The predicted octanol–water partition coefficient (Wildman–Crippen LogP) is 5.74. The largest absolute Gasteiger partial charge is 0.493 e. The van der Waals surface area contributed by atoms with E-state index in [9.17, 15) is 13.6 Å². The molecule has 12 heteroatoms. The Hall–Kier alpha value is -4.09. The maximum absolute atomic E-state index is 14.3. The van der Waals surface area contributed by atoms with Crippen molar-refractivity contribution in [3.8, 4) is 17.1 Å². The van der Waals surface area contributed by atoms with Gasteiger partial charge in [-0.05, 0) is 31.6 Å². The van der Waals surface area contributed by atoms with Gasteiger partial charge in [0.15, 0.2) is 11.6 Å². The summed E-state index contributed by atoms with van der Waals surface area (Å²) in [6.07, 6.45) is 7.45. The molecular weight excluding hydrogens is 510 g/mol. The molecule has 1 amide bonds. The number of carbonyl (C=O) groups is 1. The van der Waals surface area contributed by atoms with Crippen molar-refractivity contribution in [1.29, 1.82) is 0 Å². The molecule has 2 aromatic heterocycles. The molecule has 10 nitrogen and oxygen atoms in total. The third-order valence-electron chi connectivity index (χ3n) is 6.33. The van der Waals surface area contributed by atoms with Gasteiger partial charge in [-0.3, -0.25) is 5.32 Å². The summed E-state index contributed by atoms with van der Waals surface area (Å²) in [5.74, 6) is 0.570. The van der Waals surface area contributed by atoms with Crippen LogP contribution in [-0.2, 0) is 4.74 Å². The summed E-state index contributed by atoms with van der Waals surface area (Å²) in [5.41, 5.74) is 0.123. The Morgan fingerprint density at radius 2 is 1.92 bits per heavy atom. The van der Waals surface area contributed by atoms with Crippen LogP contribution in [-0.4, -0.2) is 52.5 Å². The second-order valence-corrected chi connectivity index (χ2v) is 9.58. The SMILES string of the molecule is C=CCOC(=O)Nc1c(F)cc(OCCCC2CCN(c3ncc(-c4noc(C(C)C)n4)cn3)CC2)cc1F. The molecule has 0 unspecified atom stereocenters. The average Bonchev–Trinajstić information content (AvgIpc) is 3.43. The van der Waals surface area contributed by atoms with Crippen LogP contribution in [0.3, 0.4) is 0 Å². The summed E-state index contributed by atoms with van der Waals surface area (Å²) in [4.78, 5) is 27.1. The Kier molecular flexibility index (Phi) is 9.40. The first-order valence-corrected chi connectivity index (χ1v) is 12.9. The lowest BCUT2D eigenvalue weighted by atomic mass is 9.92. The summed E-state index contributed by atoms with van der Waals surface area (Å²) in [6, 6.07) is 2.08. The quantitative estimate of drug-likeness (QED) is 0.239. The fourth-order valence-corrected chi connectivity index (χ4v) is 4.20. The number of carbonyl (C=O) groups excluding carboxylic acids is 1. The zero-order valence-electron chi connectivity index (χ0n) is 22.0. The van der Waals surface area contributed by atoms with Gasteiger partial charge in [0.25, 0.3) is 0 Å². The van der Waals surface area contributed by atoms with Crippen LogP contribution in [0.15, 0.2) is 41.7 Å². The minimum atomic E-state index is -0.972. The van der Waals surface area contributed by atoms with Crippen LogP contribution >= 0.6 is 0 Å². The number of nitrogens with zero attached hydrogens (tertiary/aromatic N) is 5. The molecule has 0 radical (unpaired) electrons. The highest BCUT2D eigenvalue weighted by atomic mass is 19.1. The molecule has 0 saturated carbocycles. The van der Waals surface area contributed by atoms with Crippen molar-refractivity contribution >= 4 is 17.7 Å². The number of aromatic nitrogens is 4. The van der Waals surface area contributed by atoms with E-state index in [1.54, 1.807) is 12.4 Å². The van der Waals surface area contributed by atoms with E-state index in [2.05, 4.69) is 36.3 Å².